The number of amides is 2. The van der Waals surface area contributed by atoms with Gasteiger partial charge in [-0.1, -0.05) is 27.7 Å². The van der Waals surface area contributed by atoms with E-state index >= 15 is 0 Å². The number of hydrogen-bond acceptors (Lipinski definition) is 4. The SMILES string of the molecule is CC(C)CC1NCCN(C(CC(C)C)C(=O)N2CCC(C(=O)O)CC2)C1=O. The Bertz CT molecular complexity index is 541. The van der Waals surface area contributed by atoms with Gasteiger partial charge in [-0.25, -0.2) is 0 Å². The predicted molar refractivity (Wildman–Crippen MR) is 103 cm³/mol. The van der Waals surface area contributed by atoms with Gasteiger partial charge in [0, 0.05) is 26.2 Å². The molecule has 0 radical (unpaired) electrons. The lowest BCUT2D eigenvalue weighted by Gasteiger charge is -2.41. The molecule has 0 bridgehead atoms. The lowest BCUT2D eigenvalue weighted by Crippen LogP contribution is -2.62. The number of nitrogens with zero attached hydrogens (tertiary/aromatic N) is 2. The summed E-state index contributed by atoms with van der Waals surface area (Å²) in [4.78, 5) is 41.0. The number of piperazine rings is 1. The minimum absolute atomic E-state index is 0.0221. The zero-order chi connectivity index (χ0) is 20.1. The Balaban J connectivity index is 2.11. The molecular formula is C20H35N3O4. The molecule has 2 amide bonds. The summed E-state index contributed by atoms with van der Waals surface area (Å²) >= 11 is 0. The molecule has 27 heavy (non-hydrogen) atoms. The topological polar surface area (TPSA) is 90.0 Å². The first-order valence-corrected chi connectivity index (χ1v) is 10.3. The number of nitrogens with one attached hydrogen (secondary N) is 1. The van der Waals surface area contributed by atoms with Crippen molar-refractivity contribution in [1.82, 2.24) is 15.1 Å². The summed E-state index contributed by atoms with van der Waals surface area (Å²) in [5, 5.41) is 12.5. The first kappa shape index (κ1) is 21.7. The van der Waals surface area contributed by atoms with Gasteiger partial charge in [-0.2, -0.15) is 0 Å². The van der Waals surface area contributed by atoms with Crippen molar-refractivity contribution in [2.75, 3.05) is 26.2 Å². The van der Waals surface area contributed by atoms with E-state index in [0.717, 1.165) is 6.42 Å². The molecule has 2 unspecified atom stereocenters. The van der Waals surface area contributed by atoms with Gasteiger partial charge in [0.25, 0.3) is 0 Å². The van der Waals surface area contributed by atoms with Crippen LogP contribution in [0.2, 0.25) is 0 Å². The fourth-order valence-electron chi connectivity index (χ4n) is 4.09. The highest BCUT2D eigenvalue weighted by atomic mass is 16.4. The van der Waals surface area contributed by atoms with Gasteiger partial charge in [0.2, 0.25) is 11.8 Å². The minimum atomic E-state index is -0.783. The maximum Gasteiger partial charge on any atom is 0.306 e. The van der Waals surface area contributed by atoms with Gasteiger partial charge >= 0.3 is 5.97 Å². The van der Waals surface area contributed by atoms with Crippen LogP contribution in [0.3, 0.4) is 0 Å². The van der Waals surface area contributed by atoms with Crippen LogP contribution in [0.4, 0.5) is 0 Å². The third-order valence-electron chi connectivity index (χ3n) is 5.54. The van der Waals surface area contributed by atoms with Gasteiger partial charge in [0.1, 0.15) is 6.04 Å². The van der Waals surface area contributed by atoms with Crippen LogP contribution in [0.1, 0.15) is 53.4 Å². The summed E-state index contributed by atoms with van der Waals surface area (Å²) in [5.74, 6) is -0.452. The van der Waals surface area contributed by atoms with Crippen molar-refractivity contribution in [3.05, 3.63) is 0 Å². The Morgan fingerprint density at radius 3 is 2.26 bits per heavy atom. The number of likely N-dealkylation sites (tertiary alicyclic amines) is 1. The number of carboxylic acids is 1. The van der Waals surface area contributed by atoms with Crippen LogP contribution in [0.15, 0.2) is 0 Å². The van der Waals surface area contributed by atoms with Crippen LogP contribution in [-0.4, -0.2) is 71.0 Å². The molecule has 2 saturated heterocycles. The van der Waals surface area contributed by atoms with Gasteiger partial charge in [0.15, 0.2) is 0 Å². The average molecular weight is 382 g/mol. The number of piperidine rings is 1. The minimum Gasteiger partial charge on any atom is -0.481 e. The summed E-state index contributed by atoms with van der Waals surface area (Å²) in [5.41, 5.74) is 0. The molecule has 2 aliphatic heterocycles. The van der Waals surface area contributed by atoms with E-state index in [1.165, 1.54) is 0 Å². The van der Waals surface area contributed by atoms with Crippen LogP contribution in [0, 0.1) is 17.8 Å². The highest BCUT2D eigenvalue weighted by Crippen LogP contribution is 2.23. The van der Waals surface area contributed by atoms with Gasteiger partial charge < -0.3 is 20.2 Å². The van der Waals surface area contributed by atoms with E-state index in [1.807, 2.05) is 0 Å². The van der Waals surface area contributed by atoms with E-state index in [2.05, 4.69) is 33.0 Å². The summed E-state index contributed by atoms with van der Waals surface area (Å²) in [6.45, 7) is 10.5. The summed E-state index contributed by atoms with van der Waals surface area (Å²) < 4.78 is 0. The second-order valence-corrected chi connectivity index (χ2v) is 8.75. The Morgan fingerprint density at radius 2 is 1.74 bits per heavy atom. The third kappa shape index (κ3) is 5.67. The van der Waals surface area contributed by atoms with Gasteiger partial charge in [-0.3, -0.25) is 14.4 Å². The van der Waals surface area contributed by atoms with Gasteiger partial charge in [-0.05, 0) is 37.5 Å². The van der Waals surface area contributed by atoms with Crippen LogP contribution in [0.25, 0.3) is 0 Å². The molecule has 2 N–H and O–H groups in total. The van der Waals surface area contributed by atoms with Crippen LogP contribution in [0.5, 0.6) is 0 Å². The van der Waals surface area contributed by atoms with Crippen molar-refractivity contribution in [3.63, 3.8) is 0 Å². The molecule has 0 aromatic rings. The molecule has 0 saturated carbocycles. The highest BCUT2D eigenvalue weighted by molar-refractivity contribution is 5.90. The first-order valence-electron chi connectivity index (χ1n) is 10.3. The van der Waals surface area contributed by atoms with Crippen molar-refractivity contribution < 1.29 is 19.5 Å². The van der Waals surface area contributed by atoms with Crippen molar-refractivity contribution >= 4 is 17.8 Å². The van der Waals surface area contributed by atoms with Crippen molar-refractivity contribution in [2.24, 2.45) is 17.8 Å². The smallest absolute Gasteiger partial charge is 0.306 e. The maximum atomic E-state index is 13.2. The standard InChI is InChI=1S/C20H35N3O4/c1-13(2)11-16-18(24)23(10-7-21-16)17(12-14(3)4)19(25)22-8-5-15(6-9-22)20(26)27/h13-17,21H,5-12H2,1-4H3,(H,26,27). The maximum absolute atomic E-state index is 13.2. The predicted octanol–water partition coefficient (Wildman–Crippen LogP) is 1.57. The van der Waals surface area contributed by atoms with Crippen molar-refractivity contribution in [1.29, 1.82) is 0 Å². The second-order valence-electron chi connectivity index (χ2n) is 8.75. The summed E-state index contributed by atoms with van der Waals surface area (Å²) in [6, 6.07) is -0.672. The number of aliphatic carboxylic acids is 1. The van der Waals surface area contributed by atoms with E-state index < -0.39 is 12.0 Å². The Labute approximate surface area is 162 Å². The van der Waals surface area contributed by atoms with E-state index in [-0.39, 0.29) is 23.8 Å². The van der Waals surface area contributed by atoms with Crippen molar-refractivity contribution in [2.45, 2.75) is 65.5 Å². The van der Waals surface area contributed by atoms with Gasteiger partial charge in [0.05, 0.1) is 12.0 Å². The first-order chi connectivity index (χ1) is 12.7. The van der Waals surface area contributed by atoms with E-state index in [9.17, 15) is 14.4 Å². The number of hydrogen-bond donors (Lipinski definition) is 2. The van der Waals surface area contributed by atoms with Crippen LogP contribution < -0.4 is 5.32 Å². The zero-order valence-corrected chi connectivity index (χ0v) is 17.1. The Hall–Kier alpha value is -1.63. The van der Waals surface area contributed by atoms with Crippen LogP contribution >= 0.6 is 0 Å². The quantitative estimate of drug-likeness (QED) is 0.699. The van der Waals surface area contributed by atoms with E-state index in [0.29, 0.717) is 57.3 Å². The number of carbonyl (C=O) groups excluding carboxylic acids is 2. The molecule has 2 aliphatic rings. The lowest BCUT2D eigenvalue weighted by atomic mass is 9.94. The molecule has 2 atom stereocenters. The average Bonchev–Trinajstić information content (AvgIpc) is 2.60. The third-order valence-corrected chi connectivity index (χ3v) is 5.54. The second kappa shape index (κ2) is 9.53. The monoisotopic (exact) mass is 381 g/mol. The molecule has 0 aliphatic carbocycles. The lowest BCUT2D eigenvalue weighted by molar-refractivity contribution is -0.152. The Morgan fingerprint density at radius 1 is 1.11 bits per heavy atom. The molecule has 2 fully saturated rings. The largest absolute Gasteiger partial charge is 0.481 e. The number of rotatable bonds is 7. The molecule has 0 aromatic carbocycles. The van der Waals surface area contributed by atoms with E-state index in [1.54, 1.807) is 9.80 Å². The molecule has 154 valence electrons. The molecular weight excluding hydrogens is 346 g/mol. The zero-order valence-electron chi connectivity index (χ0n) is 17.1. The van der Waals surface area contributed by atoms with Crippen molar-refractivity contribution in [3.8, 4) is 0 Å². The van der Waals surface area contributed by atoms with E-state index in [4.69, 9.17) is 5.11 Å². The molecule has 7 heteroatoms. The molecule has 0 spiro atoms. The summed E-state index contributed by atoms with van der Waals surface area (Å²) in [7, 11) is 0. The molecule has 2 heterocycles. The fraction of sp³-hybridized carbons (Fsp3) is 0.850. The Kier molecular flexibility index (Phi) is 7.65. The molecule has 2 rings (SSSR count). The van der Waals surface area contributed by atoms with Gasteiger partial charge in [-0.15, -0.1) is 0 Å². The number of carbonyl (C=O) groups is 3. The molecule has 7 nitrogen and oxygen atoms in total. The highest BCUT2D eigenvalue weighted by Gasteiger charge is 2.39. The summed E-state index contributed by atoms with van der Waals surface area (Å²) in [6.07, 6.45) is 2.38. The number of carboxylic acid groups (broad SMARTS) is 1. The van der Waals surface area contributed by atoms with Crippen LogP contribution in [-0.2, 0) is 14.4 Å². The molecule has 0 aromatic heterocycles. The normalized spacial score (nSPS) is 23.2. The fourth-order valence-corrected chi connectivity index (χ4v) is 4.09.